The first-order valence-electron chi connectivity index (χ1n) is 12.2. The third-order valence-electron chi connectivity index (χ3n) is 6.27. The van der Waals surface area contributed by atoms with Gasteiger partial charge in [-0.15, -0.1) is 0 Å². The third-order valence-corrected chi connectivity index (χ3v) is 8.06. The predicted octanol–water partition coefficient (Wildman–Crippen LogP) is 4.67. The molecule has 4 rings (SSSR count). The van der Waals surface area contributed by atoms with Gasteiger partial charge in [-0.2, -0.15) is 10.2 Å². The van der Waals surface area contributed by atoms with Gasteiger partial charge in [0.1, 0.15) is 23.0 Å². The molecule has 0 fully saturated rings. The molecule has 0 aliphatic carbocycles. The summed E-state index contributed by atoms with van der Waals surface area (Å²) in [6, 6.07) is 19.7. The van der Waals surface area contributed by atoms with Crippen molar-refractivity contribution in [3.05, 3.63) is 88.5 Å². The van der Waals surface area contributed by atoms with Crippen LogP contribution in [0.5, 0.6) is 17.4 Å². The molecular formula is C29H27N3O6S. The number of para-hydroxylation sites is 1. The van der Waals surface area contributed by atoms with E-state index in [1.54, 1.807) is 54.6 Å². The lowest BCUT2D eigenvalue weighted by Gasteiger charge is -2.21. The Kier molecular flexibility index (Phi) is 8.02. The topological polar surface area (TPSA) is 132 Å². The minimum Gasteiger partial charge on any atom is -0.494 e. The zero-order valence-electron chi connectivity index (χ0n) is 21.7. The van der Waals surface area contributed by atoms with Crippen molar-refractivity contribution in [2.24, 2.45) is 0 Å². The van der Waals surface area contributed by atoms with Crippen molar-refractivity contribution in [2.45, 2.75) is 36.0 Å². The number of nitriles is 1. The van der Waals surface area contributed by atoms with Crippen LogP contribution in [0.4, 0.5) is 0 Å². The Balaban J connectivity index is 1.93. The van der Waals surface area contributed by atoms with Crippen LogP contribution >= 0.6 is 0 Å². The minimum atomic E-state index is -4.51. The highest BCUT2D eigenvalue weighted by molar-refractivity contribution is 7.91. The monoisotopic (exact) mass is 545 g/mol. The maximum Gasteiger partial charge on any atom is 0.296 e. The molecule has 4 aromatic rings. The van der Waals surface area contributed by atoms with E-state index in [1.807, 2.05) is 6.92 Å². The second kappa shape index (κ2) is 11.4. The van der Waals surface area contributed by atoms with Gasteiger partial charge in [-0.25, -0.2) is 8.42 Å². The Bertz CT molecular complexity index is 1700. The number of ether oxygens (including phenoxy) is 2. The van der Waals surface area contributed by atoms with Crippen LogP contribution in [-0.4, -0.2) is 37.3 Å². The molecule has 0 atom stereocenters. The molecule has 0 aliphatic rings. The molecule has 0 saturated carbocycles. The molecule has 1 N–H and O–H groups in total. The summed E-state index contributed by atoms with van der Waals surface area (Å²) < 4.78 is 39.6. The largest absolute Gasteiger partial charge is 0.494 e. The molecule has 200 valence electrons. The van der Waals surface area contributed by atoms with Crippen LogP contribution in [0.1, 0.15) is 31.2 Å². The summed E-state index contributed by atoms with van der Waals surface area (Å²) in [5.41, 5.74) is 0.853. The van der Waals surface area contributed by atoms with E-state index in [-0.39, 0.29) is 27.9 Å². The van der Waals surface area contributed by atoms with Crippen molar-refractivity contribution < 1.29 is 23.0 Å². The number of unbranched alkanes of at least 4 members (excludes halogenated alkanes) is 1. The number of aromatic hydroxyl groups is 1. The lowest BCUT2D eigenvalue weighted by Crippen LogP contribution is -2.25. The molecule has 9 nitrogen and oxygen atoms in total. The van der Waals surface area contributed by atoms with Crippen LogP contribution in [0, 0.1) is 11.3 Å². The summed E-state index contributed by atoms with van der Waals surface area (Å²) in [5, 5.41) is 20.8. The highest BCUT2D eigenvalue weighted by Crippen LogP contribution is 2.38. The summed E-state index contributed by atoms with van der Waals surface area (Å²) in [6.45, 7) is 1.96. The van der Waals surface area contributed by atoms with Gasteiger partial charge in [-0.3, -0.25) is 9.36 Å². The molecule has 0 amide bonds. The molecule has 0 aliphatic heterocycles. The number of hydrogen-bond donors (Lipinski definition) is 1. The normalized spacial score (nSPS) is 11.1. The molecule has 0 bridgehead atoms. The maximum atomic E-state index is 13.7. The number of hydrogen-bond acceptors (Lipinski definition) is 8. The van der Waals surface area contributed by atoms with Crippen LogP contribution in [-0.2, 0) is 16.3 Å². The third kappa shape index (κ3) is 5.09. The Hall–Kier alpha value is -4.62. The van der Waals surface area contributed by atoms with E-state index in [0.717, 1.165) is 6.42 Å². The van der Waals surface area contributed by atoms with Gasteiger partial charge in [0.05, 0.1) is 30.7 Å². The average Bonchev–Trinajstić information content (AvgIpc) is 2.95. The van der Waals surface area contributed by atoms with Crippen LogP contribution in [0.15, 0.2) is 81.3 Å². The molecule has 1 aromatic heterocycles. The Morgan fingerprint density at radius 3 is 2.21 bits per heavy atom. The first-order chi connectivity index (χ1) is 18.8. The molecule has 3 aromatic carbocycles. The van der Waals surface area contributed by atoms with Gasteiger partial charge < -0.3 is 14.6 Å². The molecular weight excluding hydrogens is 518 g/mol. The lowest BCUT2D eigenvalue weighted by atomic mass is 10.0. The van der Waals surface area contributed by atoms with Crippen molar-refractivity contribution in [3.63, 3.8) is 0 Å². The molecule has 1 heterocycles. The highest BCUT2D eigenvalue weighted by Gasteiger charge is 2.31. The highest BCUT2D eigenvalue weighted by atomic mass is 32.2. The van der Waals surface area contributed by atoms with Crippen molar-refractivity contribution in [1.29, 1.82) is 5.26 Å². The maximum absolute atomic E-state index is 13.7. The van der Waals surface area contributed by atoms with Crippen LogP contribution in [0.3, 0.4) is 0 Å². The number of methoxy groups -OCH3 is 2. The second-order valence-electron chi connectivity index (χ2n) is 8.62. The van der Waals surface area contributed by atoms with E-state index >= 15 is 0 Å². The molecule has 0 radical (unpaired) electrons. The zero-order valence-corrected chi connectivity index (χ0v) is 22.5. The molecule has 0 saturated heterocycles. The van der Waals surface area contributed by atoms with E-state index in [1.165, 1.54) is 30.9 Å². The second-order valence-corrected chi connectivity index (χ2v) is 10.5. The average molecular weight is 546 g/mol. The first-order valence-corrected chi connectivity index (χ1v) is 13.7. The fraction of sp³-hybridized carbons (Fsp3) is 0.207. The number of rotatable bonds is 9. The van der Waals surface area contributed by atoms with Crippen LogP contribution < -0.4 is 15.0 Å². The predicted molar refractivity (Wildman–Crippen MR) is 145 cm³/mol. The van der Waals surface area contributed by atoms with E-state index in [9.17, 15) is 23.6 Å². The van der Waals surface area contributed by atoms with Crippen molar-refractivity contribution in [2.75, 3.05) is 14.2 Å². The Morgan fingerprint density at radius 1 is 0.974 bits per heavy atom. The van der Waals surface area contributed by atoms with Crippen LogP contribution in [0.25, 0.3) is 16.8 Å². The van der Waals surface area contributed by atoms with Gasteiger partial charge in [-0.1, -0.05) is 49.7 Å². The molecule has 39 heavy (non-hydrogen) atoms. The fourth-order valence-electron chi connectivity index (χ4n) is 4.33. The standard InChI is InChI=1S/C29H27N3O6S/c1-4-5-13-25-31-28(33)27(29(34)32(25)26-23(37-2)11-8-12-24(26)38-3)39(35,36)21-16-14-19(15-17-21)22-10-7-6-9-20(22)18-30/h6-12,14-17,34H,4-5,13H2,1-3H3. The van der Waals surface area contributed by atoms with Gasteiger partial charge in [0.15, 0.2) is 4.90 Å². The molecule has 0 unspecified atom stereocenters. The quantitative estimate of drug-likeness (QED) is 0.321. The SMILES string of the molecule is CCCCc1nc(=O)c(S(=O)(=O)c2ccc(-c3ccccc3C#N)cc2)c(O)n1-c1c(OC)cccc1OC. The zero-order chi connectivity index (χ0) is 28.2. The summed E-state index contributed by atoms with van der Waals surface area (Å²) in [7, 11) is -1.65. The van der Waals surface area contributed by atoms with Gasteiger partial charge in [-0.05, 0) is 47.9 Å². The van der Waals surface area contributed by atoms with Crippen molar-refractivity contribution in [3.8, 4) is 40.3 Å². The Morgan fingerprint density at radius 2 is 1.62 bits per heavy atom. The minimum absolute atomic E-state index is 0.171. The van der Waals surface area contributed by atoms with Crippen molar-refractivity contribution in [1.82, 2.24) is 9.55 Å². The van der Waals surface area contributed by atoms with Gasteiger partial charge >= 0.3 is 0 Å². The number of aryl methyl sites for hydroxylation is 1. The van der Waals surface area contributed by atoms with Gasteiger partial charge in [0.2, 0.25) is 15.7 Å². The summed E-state index contributed by atoms with van der Waals surface area (Å²) in [5.74, 6) is -0.0409. The smallest absolute Gasteiger partial charge is 0.296 e. The van der Waals surface area contributed by atoms with E-state index < -0.39 is 26.2 Å². The molecule has 10 heteroatoms. The van der Waals surface area contributed by atoms with Gasteiger partial charge in [0, 0.05) is 6.42 Å². The number of sulfone groups is 1. The van der Waals surface area contributed by atoms with Gasteiger partial charge in [0.25, 0.3) is 5.56 Å². The van der Waals surface area contributed by atoms with Crippen LogP contribution in [0.2, 0.25) is 0 Å². The van der Waals surface area contributed by atoms with E-state index in [2.05, 4.69) is 11.1 Å². The fourth-order valence-corrected chi connectivity index (χ4v) is 5.66. The first kappa shape index (κ1) is 27.4. The summed E-state index contributed by atoms with van der Waals surface area (Å²) in [4.78, 5) is 16.2. The number of benzene rings is 3. The van der Waals surface area contributed by atoms with E-state index in [0.29, 0.717) is 29.5 Å². The summed E-state index contributed by atoms with van der Waals surface area (Å²) >= 11 is 0. The summed E-state index contributed by atoms with van der Waals surface area (Å²) in [6.07, 6.45) is 1.72. The molecule has 0 spiro atoms. The number of nitrogens with zero attached hydrogens (tertiary/aromatic N) is 3. The van der Waals surface area contributed by atoms with Crippen molar-refractivity contribution >= 4 is 9.84 Å². The lowest BCUT2D eigenvalue weighted by molar-refractivity contribution is 0.374. The number of aromatic nitrogens is 2. The van der Waals surface area contributed by atoms with E-state index in [4.69, 9.17) is 9.47 Å². The Labute approximate surface area is 226 Å².